The Morgan fingerprint density at radius 2 is 2.14 bits per heavy atom. The third-order valence-electron chi connectivity index (χ3n) is 4.44. The molecule has 142 valence electrons. The molecule has 3 aromatic heterocycles. The lowest BCUT2D eigenvalue weighted by Crippen LogP contribution is -2.03. The molecule has 4 aromatic rings. The zero-order chi connectivity index (χ0) is 18.9. The number of hydrogen-bond donors (Lipinski definition) is 0. The first-order valence-corrected chi connectivity index (χ1v) is 11.6. The summed E-state index contributed by atoms with van der Waals surface area (Å²) in [5, 5.41) is 16.0. The van der Waals surface area contributed by atoms with Gasteiger partial charge in [-0.05, 0) is 36.4 Å². The van der Waals surface area contributed by atoms with Gasteiger partial charge in [-0.3, -0.25) is 0 Å². The van der Waals surface area contributed by atoms with E-state index in [4.69, 9.17) is 4.52 Å². The van der Waals surface area contributed by atoms with Crippen molar-refractivity contribution in [3.8, 4) is 11.4 Å². The fourth-order valence-corrected chi connectivity index (χ4v) is 4.94. The molecule has 3 heterocycles. The van der Waals surface area contributed by atoms with E-state index in [0.717, 1.165) is 27.4 Å². The molecule has 0 aliphatic heterocycles. The summed E-state index contributed by atoms with van der Waals surface area (Å²) in [6.07, 6.45) is 3.21. The number of benzene rings is 1. The van der Waals surface area contributed by atoms with Gasteiger partial charge in [-0.1, -0.05) is 51.0 Å². The molecule has 0 unspecified atom stereocenters. The second-order valence-corrected chi connectivity index (χ2v) is 9.46. The lowest BCUT2D eigenvalue weighted by atomic mass is 10.2. The third-order valence-corrected chi connectivity index (χ3v) is 6.73. The Bertz CT molecular complexity index is 1090. The van der Waals surface area contributed by atoms with Gasteiger partial charge in [-0.2, -0.15) is 4.98 Å². The van der Waals surface area contributed by atoms with Crippen LogP contribution < -0.4 is 0 Å². The van der Waals surface area contributed by atoms with Crippen LogP contribution in [-0.2, 0) is 12.2 Å². The topological polar surface area (TPSA) is 69.6 Å². The number of rotatable bonds is 7. The molecule has 28 heavy (non-hydrogen) atoms. The Morgan fingerprint density at radius 1 is 1.21 bits per heavy atom. The Kier molecular flexibility index (Phi) is 5.04. The third kappa shape index (κ3) is 3.92. The largest absolute Gasteiger partial charge is 0.338 e. The van der Waals surface area contributed by atoms with Crippen LogP contribution in [0.1, 0.15) is 35.5 Å². The van der Waals surface area contributed by atoms with Crippen LogP contribution in [0.15, 0.2) is 55.9 Å². The Morgan fingerprint density at radius 3 is 2.93 bits per heavy atom. The van der Waals surface area contributed by atoms with Crippen molar-refractivity contribution in [1.29, 1.82) is 0 Å². The quantitative estimate of drug-likeness (QED) is 0.336. The average molecular weight is 474 g/mol. The lowest BCUT2D eigenvalue weighted by Gasteiger charge is -2.07. The Balaban J connectivity index is 1.31. The molecule has 1 aliphatic carbocycles. The summed E-state index contributed by atoms with van der Waals surface area (Å²) in [5.41, 5.74) is 0.925. The standard InChI is InChI=1S/C19H16BrN5OS2/c20-13-4-1-3-12(9-13)18-21-17(26-24-18)11-28-19-23-22-16(25(19)14-6-7-14)10-15-5-2-8-27-15/h1-5,8-9,14H,6-7,10-11H2. The monoisotopic (exact) mass is 473 g/mol. The molecular weight excluding hydrogens is 458 g/mol. The van der Waals surface area contributed by atoms with Crippen molar-refractivity contribution in [3.63, 3.8) is 0 Å². The number of halogens is 1. The van der Waals surface area contributed by atoms with Gasteiger partial charge in [-0.25, -0.2) is 0 Å². The molecule has 0 saturated heterocycles. The van der Waals surface area contributed by atoms with Crippen molar-refractivity contribution >= 4 is 39.0 Å². The van der Waals surface area contributed by atoms with Crippen molar-refractivity contribution in [1.82, 2.24) is 24.9 Å². The predicted molar refractivity (Wildman–Crippen MR) is 112 cm³/mol. The van der Waals surface area contributed by atoms with Crippen LogP contribution in [0.4, 0.5) is 0 Å². The van der Waals surface area contributed by atoms with Gasteiger partial charge in [0.1, 0.15) is 5.82 Å². The lowest BCUT2D eigenvalue weighted by molar-refractivity contribution is 0.391. The predicted octanol–water partition coefficient (Wildman–Crippen LogP) is 5.37. The minimum absolute atomic E-state index is 0.521. The number of thiophene rings is 1. The molecule has 1 aliphatic rings. The fourth-order valence-electron chi connectivity index (χ4n) is 2.98. The summed E-state index contributed by atoms with van der Waals surface area (Å²) >= 11 is 6.83. The van der Waals surface area contributed by atoms with E-state index in [0.29, 0.717) is 23.5 Å². The minimum Gasteiger partial charge on any atom is -0.338 e. The normalized spacial score (nSPS) is 13.9. The molecule has 1 aromatic carbocycles. The van der Waals surface area contributed by atoms with Gasteiger partial charge >= 0.3 is 0 Å². The van der Waals surface area contributed by atoms with Crippen LogP contribution in [0, 0.1) is 0 Å². The first-order chi connectivity index (χ1) is 13.8. The molecule has 9 heteroatoms. The van der Waals surface area contributed by atoms with Gasteiger partial charge in [0.15, 0.2) is 5.16 Å². The maximum absolute atomic E-state index is 5.44. The summed E-state index contributed by atoms with van der Waals surface area (Å²) in [7, 11) is 0. The molecule has 1 saturated carbocycles. The second kappa shape index (κ2) is 7.81. The number of hydrogen-bond acceptors (Lipinski definition) is 7. The van der Waals surface area contributed by atoms with Crippen LogP contribution in [0.5, 0.6) is 0 Å². The van der Waals surface area contributed by atoms with Gasteiger partial charge in [0.2, 0.25) is 11.7 Å². The van der Waals surface area contributed by atoms with E-state index in [1.54, 1.807) is 23.1 Å². The van der Waals surface area contributed by atoms with Crippen LogP contribution >= 0.6 is 39.0 Å². The van der Waals surface area contributed by atoms with Crippen molar-refractivity contribution in [2.75, 3.05) is 0 Å². The van der Waals surface area contributed by atoms with E-state index in [2.05, 4.69) is 58.3 Å². The maximum atomic E-state index is 5.44. The summed E-state index contributed by atoms with van der Waals surface area (Å²) in [4.78, 5) is 5.83. The number of nitrogens with zero attached hydrogens (tertiary/aromatic N) is 5. The molecule has 0 radical (unpaired) electrons. The van der Waals surface area contributed by atoms with Gasteiger partial charge in [-0.15, -0.1) is 21.5 Å². The molecule has 1 fully saturated rings. The highest BCUT2D eigenvalue weighted by atomic mass is 79.9. The molecule has 5 rings (SSSR count). The second-order valence-electron chi connectivity index (χ2n) is 6.57. The molecule has 0 N–H and O–H groups in total. The first kappa shape index (κ1) is 18.1. The summed E-state index contributed by atoms with van der Waals surface area (Å²) in [6.45, 7) is 0. The molecule has 0 amide bonds. The van der Waals surface area contributed by atoms with Gasteiger partial charge < -0.3 is 9.09 Å². The van der Waals surface area contributed by atoms with Crippen LogP contribution in [-0.4, -0.2) is 24.9 Å². The molecule has 0 bridgehead atoms. The highest BCUT2D eigenvalue weighted by Crippen LogP contribution is 2.39. The summed E-state index contributed by atoms with van der Waals surface area (Å²) in [5.74, 6) is 2.79. The number of aromatic nitrogens is 5. The summed E-state index contributed by atoms with van der Waals surface area (Å²) in [6, 6.07) is 12.6. The zero-order valence-electron chi connectivity index (χ0n) is 14.8. The van der Waals surface area contributed by atoms with Crippen LogP contribution in [0.3, 0.4) is 0 Å². The average Bonchev–Trinajstić information content (AvgIpc) is 3.11. The first-order valence-electron chi connectivity index (χ1n) is 8.94. The highest BCUT2D eigenvalue weighted by Gasteiger charge is 2.30. The Hall–Kier alpha value is -1.97. The molecule has 0 atom stereocenters. The summed E-state index contributed by atoms with van der Waals surface area (Å²) < 4.78 is 8.71. The molecule has 6 nitrogen and oxygen atoms in total. The van der Waals surface area contributed by atoms with Crippen molar-refractivity contribution < 1.29 is 4.52 Å². The van der Waals surface area contributed by atoms with E-state index in [9.17, 15) is 0 Å². The van der Waals surface area contributed by atoms with Crippen molar-refractivity contribution in [3.05, 3.63) is 62.8 Å². The Labute approximate surface area is 178 Å². The van der Waals surface area contributed by atoms with Gasteiger partial charge in [0.05, 0.1) is 5.75 Å². The van der Waals surface area contributed by atoms with Crippen molar-refractivity contribution in [2.24, 2.45) is 0 Å². The van der Waals surface area contributed by atoms with Crippen LogP contribution in [0.25, 0.3) is 11.4 Å². The minimum atomic E-state index is 0.521. The SMILES string of the molecule is Brc1cccc(-c2noc(CSc3nnc(Cc4cccs4)n3C3CC3)n2)c1. The van der Waals surface area contributed by atoms with Crippen LogP contribution in [0.2, 0.25) is 0 Å². The number of thioether (sulfide) groups is 1. The van der Waals surface area contributed by atoms with E-state index >= 15 is 0 Å². The molecule has 0 spiro atoms. The van der Waals surface area contributed by atoms with E-state index in [1.165, 1.54) is 17.7 Å². The highest BCUT2D eigenvalue weighted by molar-refractivity contribution is 9.10. The zero-order valence-corrected chi connectivity index (χ0v) is 18.0. The van der Waals surface area contributed by atoms with E-state index in [-0.39, 0.29) is 0 Å². The van der Waals surface area contributed by atoms with E-state index < -0.39 is 0 Å². The van der Waals surface area contributed by atoms with Crippen molar-refractivity contribution in [2.45, 2.75) is 36.2 Å². The smallest absolute Gasteiger partial charge is 0.237 e. The fraction of sp³-hybridized carbons (Fsp3) is 0.263. The van der Waals surface area contributed by atoms with Gasteiger partial charge in [0.25, 0.3) is 0 Å². The van der Waals surface area contributed by atoms with Gasteiger partial charge in [0, 0.05) is 27.4 Å². The van der Waals surface area contributed by atoms with E-state index in [1.807, 2.05) is 24.3 Å². The maximum Gasteiger partial charge on any atom is 0.237 e. The molecular formula is C19H16BrN5OS2.